The molecule has 132 valence electrons. The van der Waals surface area contributed by atoms with E-state index in [1.807, 2.05) is 0 Å². The molecule has 0 spiro atoms. The predicted octanol–water partition coefficient (Wildman–Crippen LogP) is 3.92. The molecule has 0 atom stereocenters. The van der Waals surface area contributed by atoms with Gasteiger partial charge in [-0.1, -0.05) is 25.3 Å². The number of nitro benzene ring substituents is 1. The normalized spacial score (nSPS) is 20.5. The molecular formula is C17H18N2O5S. The lowest BCUT2D eigenvalue weighted by atomic mass is 9.89. The first-order valence-electron chi connectivity index (χ1n) is 8.18. The smallest absolute Gasteiger partial charge is 0.311 e. The van der Waals surface area contributed by atoms with Crippen LogP contribution in [0, 0.1) is 16.0 Å². The summed E-state index contributed by atoms with van der Waals surface area (Å²) < 4.78 is 0. The van der Waals surface area contributed by atoms with Gasteiger partial charge in [0.05, 0.1) is 9.83 Å². The van der Waals surface area contributed by atoms with Crippen LogP contribution in [0.1, 0.15) is 37.7 Å². The van der Waals surface area contributed by atoms with Crippen molar-refractivity contribution in [2.75, 3.05) is 6.54 Å². The minimum Gasteiger partial charge on any atom is -0.502 e. The maximum Gasteiger partial charge on any atom is 0.311 e. The summed E-state index contributed by atoms with van der Waals surface area (Å²) in [5.74, 6) is -0.430. The molecule has 2 amide bonds. The number of nitro groups is 1. The van der Waals surface area contributed by atoms with Gasteiger partial charge in [-0.15, -0.1) is 0 Å². The molecule has 1 aromatic carbocycles. The summed E-state index contributed by atoms with van der Waals surface area (Å²) in [6.45, 7) is 0.442. The summed E-state index contributed by atoms with van der Waals surface area (Å²) in [5, 5.41) is 20.1. The third kappa shape index (κ3) is 3.84. The highest BCUT2D eigenvalue weighted by Crippen LogP contribution is 2.36. The Labute approximate surface area is 148 Å². The van der Waals surface area contributed by atoms with Crippen LogP contribution in [0.2, 0.25) is 0 Å². The summed E-state index contributed by atoms with van der Waals surface area (Å²) in [6.07, 6.45) is 6.99. The second-order valence-corrected chi connectivity index (χ2v) is 7.29. The molecule has 0 bridgehead atoms. The molecule has 1 aliphatic carbocycles. The van der Waals surface area contributed by atoms with Crippen molar-refractivity contribution >= 4 is 34.7 Å². The van der Waals surface area contributed by atoms with Gasteiger partial charge in [0.25, 0.3) is 11.1 Å². The molecule has 0 aromatic heterocycles. The summed E-state index contributed by atoms with van der Waals surface area (Å²) in [7, 11) is 0. The molecule has 1 saturated heterocycles. The molecule has 25 heavy (non-hydrogen) atoms. The van der Waals surface area contributed by atoms with Gasteiger partial charge in [-0.25, -0.2) is 0 Å². The van der Waals surface area contributed by atoms with E-state index in [0.717, 1.165) is 37.4 Å². The average Bonchev–Trinajstić information content (AvgIpc) is 2.85. The third-order valence-electron chi connectivity index (χ3n) is 4.53. The highest BCUT2D eigenvalue weighted by molar-refractivity contribution is 8.18. The van der Waals surface area contributed by atoms with Gasteiger partial charge in [-0.05, 0) is 48.2 Å². The summed E-state index contributed by atoms with van der Waals surface area (Å²) in [4.78, 5) is 36.4. The molecule has 2 aliphatic rings. The Balaban J connectivity index is 1.78. The number of hydrogen-bond acceptors (Lipinski definition) is 6. The van der Waals surface area contributed by atoms with Crippen LogP contribution in [-0.2, 0) is 4.79 Å². The first kappa shape index (κ1) is 17.5. The summed E-state index contributed by atoms with van der Waals surface area (Å²) in [6, 6.07) is 3.86. The number of hydrogen-bond donors (Lipinski definition) is 1. The van der Waals surface area contributed by atoms with Gasteiger partial charge in [-0.2, -0.15) is 0 Å². The molecule has 0 radical (unpaired) electrons. The van der Waals surface area contributed by atoms with Gasteiger partial charge in [0.1, 0.15) is 0 Å². The second-order valence-electron chi connectivity index (χ2n) is 6.30. The van der Waals surface area contributed by atoms with Crippen molar-refractivity contribution in [1.82, 2.24) is 4.90 Å². The van der Waals surface area contributed by atoms with E-state index < -0.39 is 16.4 Å². The topological polar surface area (TPSA) is 101 Å². The van der Waals surface area contributed by atoms with Crippen molar-refractivity contribution in [3.05, 3.63) is 38.8 Å². The number of nitrogens with zero attached hydrogens (tertiary/aromatic N) is 2. The van der Waals surface area contributed by atoms with Gasteiger partial charge < -0.3 is 5.11 Å². The van der Waals surface area contributed by atoms with Crippen molar-refractivity contribution in [2.45, 2.75) is 32.1 Å². The number of aromatic hydroxyl groups is 1. The van der Waals surface area contributed by atoms with Crippen LogP contribution < -0.4 is 0 Å². The summed E-state index contributed by atoms with van der Waals surface area (Å²) in [5.41, 5.74) is -0.0390. The largest absolute Gasteiger partial charge is 0.502 e. The molecule has 1 aromatic rings. The summed E-state index contributed by atoms with van der Waals surface area (Å²) >= 11 is 0.850. The molecule has 1 aliphatic heterocycles. The number of benzene rings is 1. The number of carbonyl (C=O) groups excluding carboxylic acids is 2. The molecule has 1 N–H and O–H groups in total. The van der Waals surface area contributed by atoms with Crippen molar-refractivity contribution in [1.29, 1.82) is 0 Å². The van der Waals surface area contributed by atoms with Crippen molar-refractivity contribution < 1.29 is 19.6 Å². The number of phenolic OH excluding ortho intramolecular Hbond substituents is 1. The zero-order valence-electron chi connectivity index (χ0n) is 13.5. The Hall–Kier alpha value is -2.35. The molecule has 8 heteroatoms. The Morgan fingerprint density at radius 1 is 1.28 bits per heavy atom. The molecule has 0 unspecified atom stereocenters. The number of imide groups is 1. The Morgan fingerprint density at radius 3 is 2.68 bits per heavy atom. The Bertz CT molecular complexity index is 755. The van der Waals surface area contributed by atoms with Crippen LogP contribution in [0.15, 0.2) is 23.1 Å². The lowest BCUT2D eigenvalue weighted by Crippen LogP contribution is -2.34. The maximum absolute atomic E-state index is 12.5. The number of thioether (sulfide) groups is 1. The van der Waals surface area contributed by atoms with Crippen molar-refractivity contribution in [3.63, 3.8) is 0 Å². The van der Waals surface area contributed by atoms with Gasteiger partial charge >= 0.3 is 5.69 Å². The van der Waals surface area contributed by atoms with Crippen LogP contribution in [-0.4, -0.2) is 32.6 Å². The second kappa shape index (κ2) is 7.26. The Kier molecular flexibility index (Phi) is 5.08. The quantitative estimate of drug-likeness (QED) is 0.495. The lowest BCUT2D eigenvalue weighted by Gasteiger charge is -2.25. The molecule has 7 nitrogen and oxygen atoms in total. The van der Waals surface area contributed by atoms with E-state index in [-0.39, 0.29) is 16.1 Å². The predicted molar refractivity (Wildman–Crippen MR) is 94.0 cm³/mol. The van der Waals surface area contributed by atoms with E-state index >= 15 is 0 Å². The standard InChI is InChI=1S/C17H18N2O5S/c20-14-7-6-12(8-13(14)19(23)24)9-15-16(21)18(17(22)25-15)10-11-4-2-1-3-5-11/h6-9,11,20H,1-5,10H2/b15-9+. The fraction of sp³-hybridized carbons (Fsp3) is 0.412. The SMILES string of the molecule is O=C1S/C(=C/c2ccc(O)c([N+](=O)[O-])c2)C(=O)N1CC1CCCCC1. The molecule has 1 heterocycles. The molecular weight excluding hydrogens is 344 g/mol. The Morgan fingerprint density at radius 2 is 2.00 bits per heavy atom. The number of phenols is 1. The fourth-order valence-electron chi connectivity index (χ4n) is 3.21. The monoisotopic (exact) mass is 362 g/mol. The number of carbonyl (C=O) groups is 2. The first-order valence-corrected chi connectivity index (χ1v) is 9.00. The highest BCUT2D eigenvalue weighted by atomic mass is 32.2. The van der Waals surface area contributed by atoms with Gasteiger partial charge in [0, 0.05) is 12.6 Å². The van der Waals surface area contributed by atoms with Crippen LogP contribution >= 0.6 is 11.8 Å². The number of amides is 2. The maximum atomic E-state index is 12.5. The van der Waals surface area contributed by atoms with Crippen LogP contribution in [0.4, 0.5) is 10.5 Å². The molecule has 2 fully saturated rings. The zero-order chi connectivity index (χ0) is 18.0. The van der Waals surface area contributed by atoms with E-state index in [1.165, 1.54) is 35.6 Å². The van der Waals surface area contributed by atoms with Gasteiger partial charge in [0.15, 0.2) is 5.75 Å². The van der Waals surface area contributed by atoms with E-state index in [9.17, 15) is 24.8 Å². The van der Waals surface area contributed by atoms with E-state index in [4.69, 9.17) is 0 Å². The van der Waals surface area contributed by atoms with Crippen LogP contribution in [0.3, 0.4) is 0 Å². The highest BCUT2D eigenvalue weighted by Gasteiger charge is 2.36. The lowest BCUT2D eigenvalue weighted by molar-refractivity contribution is -0.385. The van der Waals surface area contributed by atoms with E-state index in [2.05, 4.69) is 0 Å². The minimum absolute atomic E-state index is 0.251. The third-order valence-corrected chi connectivity index (χ3v) is 5.44. The van der Waals surface area contributed by atoms with Crippen molar-refractivity contribution in [2.24, 2.45) is 5.92 Å². The van der Waals surface area contributed by atoms with Crippen LogP contribution in [0.25, 0.3) is 6.08 Å². The van der Waals surface area contributed by atoms with Gasteiger partial charge in [-0.3, -0.25) is 24.6 Å². The first-order chi connectivity index (χ1) is 12.0. The molecule has 1 saturated carbocycles. The van der Waals surface area contributed by atoms with E-state index in [1.54, 1.807) is 0 Å². The van der Waals surface area contributed by atoms with Crippen molar-refractivity contribution in [3.8, 4) is 5.75 Å². The van der Waals surface area contributed by atoms with Crippen LogP contribution in [0.5, 0.6) is 5.75 Å². The average molecular weight is 362 g/mol. The number of rotatable bonds is 4. The molecule has 3 rings (SSSR count). The fourth-order valence-corrected chi connectivity index (χ4v) is 4.06. The van der Waals surface area contributed by atoms with E-state index in [0.29, 0.717) is 18.0 Å². The van der Waals surface area contributed by atoms with Gasteiger partial charge in [0.2, 0.25) is 0 Å². The minimum atomic E-state index is -0.693. The zero-order valence-corrected chi connectivity index (χ0v) is 14.3.